The zero-order valence-corrected chi connectivity index (χ0v) is 39.5. The standard InChI is InChI=1S/C48H96NO7P/c1-6-8-10-12-14-16-18-19-20-21-22-23-24-25-26-27-28-29-30-32-34-36-38-40-43-53-45-47(46-55-57(51,52)54-44-42-49(3,4)5)56-48(50)41-39-37-35-33-31-17-15-13-11-9-7-2/h13,15,47H,6-12,14,16-46H2,1-5H3/b15-13-. The molecule has 0 N–H and O–H groups in total. The summed E-state index contributed by atoms with van der Waals surface area (Å²) in [4.78, 5) is 25.0. The highest BCUT2D eigenvalue weighted by Crippen LogP contribution is 2.38. The van der Waals surface area contributed by atoms with Crippen molar-refractivity contribution in [3.05, 3.63) is 12.2 Å². The third-order valence-corrected chi connectivity index (χ3v) is 11.8. The molecule has 0 saturated carbocycles. The van der Waals surface area contributed by atoms with Gasteiger partial charge in [0.1, 0.15) is 19.3 Å². The Morgan fingerprint density at radius 2 is 0.930 bits per heavy atom. The van der Waals surface area contributed by atoms with Crippen molar-refractivity contribution < 1.29 is 37.3 Å². The summed E-state index contributed by atoms with van der Waals surface area (Å²) in [5.41, 5.74) is 0. The molecule has 0 saturated heterocycles. The molecule has 8 nitrogen and oxygen atoms in total. The van der Waals surface area contributed by atoms with Gasteiger partial charge in [0.15, 0.2) is 0 Å². The average Bonchev–Trinajstić information content (AvgIpc) is 3.16. The van der Waals surface area contributed by atoms with Gasteiger partial charge in [-0.15, -0.1) is 0 Å². The average molecular weight is 830 g/mol. The summed E-state index contributed by atoms with van der Waals surface area (Å²) in [6.45, 7) is 5.41. The van der Waals surface area contributed by atoms with E-state index in [2.05, 4.69) is 26.0 Å². The third kappa shape index (κ3) is 46.2. The normalized spacial score (nSPS) is 13.7. The van der Waals surface area contributed by atoms with E-state index in [0.29, 0.717) is 24.1 Å². The van der Waals surface area contributed by atoms with E-state index in [1.165, 1.54) is 167 Å². The van der Waals surface area contributed by atoms with E-state index in [1.807, 2.05) is 21.1 Å². The molecular weight excluding hydrogens is 734 g/mol. The molecule has 0 radical (unpaired) electrons. The molecular formula is C48H96NO7P. The van der Waals surface area contributed by atoms with E-state index >= 15 is 0 Å². The molecule has 0 bridgehead atoms. The molecule has 2 unspecified atom stereocenters. The minimum atomic E-state index is -4.52. The van der Waals surface area contributed by atoms with Crippen molar-refractivity contribution >= 4 is 13.8 Å². The molecule has 0 aromatic rings. The van der Waals surface area contributed by atoms with Crippen LogP contribution in [0.2, 0.25) is 0 Å². The molecule has 0 fully saturated rings. The number of hydrogen-bond acceptors (Lipinski definition) is 7. The molecule has 0 heterocycles. The number of hydrogen-bond donors (Lipinski definition) is 0. The minimum Gasteiger partial charge on any atom is -0.756 e. The molecule has 2 atom stereocenters. The number of nitrogens with zero attached hydrogens (tertiary/aromatic N) is 1. The maximum Gasteiger partial charge on any atom is 0.306 e. The van der Waals surface area contributed by atoms with Gasteiger partial charge in [-0.3, -0.25) is 9.36 Å². The number of phosphoric acid groups is 1. The summed E-state index contributed by atoms with van der Waals surface area (Å²) in [5, 5.41) is 0. The fourth-order valence-corrected chi connectivity index (χ4v) is 7.73. The number of carbonyl (C=O) groups excluding carboxylic acids is 1. The molecule has 57 heavy (non-hydrogen) atoms. The Labute approximate surface area is 354 Å². The first-order chi connectivity index (χ1) is 27.6. The Kier molecular flexibility index (Phi) is 41.4. The Bertz CT molecular complexity index is 925. The number of ether oxygens (including phenoxy) is 2. The quantitative estimate of drug-likeness (QED) is 0.0198. The molecule has 0 aliphatic rings. The molecule has 9 heteroatoms. The summed E-state index contributed by atoms with van der Waals surface area (Å²) in [6.07, 6.45) is 46.7. The van der Waals surface area contributed by atoms with Crippen LogP contribution in [0.15, 0.2) is 12.2 Å². The smallest absolute Gasteiger partial charge is 0.306 e. The van der Waals surface area contributed by atoms with E-state index in [0.717, 1.165) is 44.9 Å². The second kappa shape index (κ2) is 42.0. The Morgan fingerprint density at radius 3 is 1.39 bits per heavy atom. The molecule has 0 rings (SSSR count). The lowest BCUT2D eigenvalue weighted by Gasteiger charge is -2.28. The van der Waals surface area contributed by atoms with Gasteiger partial charge in [0.2, 0.25) is 0 Å². The summed E-state index contributed by atoms with van der Waals surface area (Å²) in [7, 11) is 1.36. The monoisotopic (exact) mass is 830 g/mol. The van der Waals surface area contributed by atoms with Crippen molar-refractivity contribution in [2.24, 2.45) is 0 Å². The number of unbranched alkanes of at least 4 members (excludes halogenated alkanes) is 30. The Morgan fingerprint density at radius 1 is 0.526 bits per heavy atom. The fourth-order valence-electron chi connectivity index (χ4n) is 7.00. The SMILES string of the molecule is CCCC/C=C\CCCCCCCC(=O)OC(COCCCCCCCCCCCCCCCCCCCCCCCCCC)COP(=O)([O-])OCC[N+](C)(C)C. The molecule has 0 aromatic heterocycles. The second-order valence-electron chi connectivity index (χ2n) is 17.8. The maximum absolute atomic E-state index is 12.6. The van der Waals surface area contributed by atoms with E-state index in [1.54, 1.807) is 0 Å². The first-order valence-corrected chi connectivity index (χ1v) is 25.9. The van der Waals surface area contributed by atoms with Gasteiger partial charge in [-0.2, -0.15) is 0 Å². The predicted molar refractivity (Wildman–Crippen MR) is 241 cm³/mol. The lowest BCUT2D eigenvalue weighted by molar-refractivity contribution is -0.870. The van der Waals surface area contributed by atoms with Gasteiger partial charge in [-0.25, -0.2) is 0 Å². The summed E-state index contributed by atoms with van der Waals surface area (Å²) >= 11 is 0. The molecule has 0 spiro atoms. The van der Waals surface area contributed by atoms with Crippen LogP contribution in [0.1, 0.15) is 232 Å². The number of likely N-dealkylation sites (N-methyl/N-ethyl adjacent to an activating group) is 1. The van der Waals surface area contributed by atoms with Crippen molar-refractivity contribution in [3.8, 4) is 0 Å². The van der Waals surface area contributed by atoms with Gasteiger partial charge in [0, 0.05) is 13.0 Å². The number of allylic oxidation sites excluding steroid dienone is 2. The third-order valence-electron chi connectivity index (χ3n) is 10.8. The summed E-state index contributed by atoms with van der Waals surface area (Å²) < 4.78 is 34.6. The fraction of sp³-hybridized carbons (Fsp3) is 0.938. The van der Waals surface area contributed by atoms with E-state index in [9.17, 15) is 14.3 Å². The first-order valence-electron chi connectivity index (χ1n) is 24.4. The Hall–Kier alpha value is -0.760. The Balaban J connectivity index is 4.00. The van der Waals surface area contributed by atoms with E-state index in [-0.39, 0.29) is 25.8 Å². The number of esters is 1. The van der Waals surface area contributed by atoms with E-state index in [4.69, 9.17) is 18.5 Å². The highest BCUT2D eigenvalue weighted by atomic mass is 31.2. The van der Waals surface area contributed by atoms with Crippen molar-refractivity contribution in [2.45, 2.75) is 238 Å². The van der Waals surface area contributed by atoms with E-state index < -0.39 is 13.9 Å². The molecule has 340 valence electrons. The number of carbonyl (C=O) groups is 1. The van der Waals surface area contributed by atoms with Crippen molar-refractivity contribution in [1.82, 2.24) is 0 Å². The van der Waals surface area contributed by atoms with Crippen LogP contribution < -0.4 is 4.89 Å². The molecule has 0 aliphatic heterocycles. The van der Waals surface area contributed by atoms with Crippen molar-refractivity contribution in [3.63, 3.8) is 0 Å². The van der Waals surface area contributed by atoms with Crippen LogP contribution in [0.25, 0.3) is 0 Å². The van der Waals surface area contributed by atoms with Crippen LogP contribution >= 0.6 is 7.82 Å². The topological polar surface area (TPSA) is 94.1 Å². The van der Waals surface area contributed by atoms with Gasteiger partial charge < -0.3 is 27.9 Å². The maximum atomic E-state index is 12.6. The molecule has 0 amide bonds. The van der Waals surface area contributed by atoms with Crippen LogP contribution in [-0.4, -0.2) is 70.7 Å². The lowest BCUT2D eigenvalue weighted by atomic mass is 10.0. The predicted octanol–water partition coefficient (Wildman–Crippen LogP) is 14.0. The minimum absolute atomic E-state index is 0.0277. The van der Waals surface area contributed by atoms with Crippen molar-refractivity contribution in [1.29, 1.82) is 0 Å². The number of phosphoric ester groups is 1. The largest absolute Gasteiger partial charge is 0.756 e. The van der Waals surface area contributed by atoms with Crippen LogP contribution in [0, 0.1) is 0 Å². The van der Waals surface area contributed by atoms with Crippen LogP contribution in [0.5, 0.6) is 0 Å². The highest BCUT2D eigenvalue weighted by molar-refractivity contribution is 7.45. The second-order valence-corrected chi connectivity index (χ2v) is 19.2. The molecule has 0 aromatic carbocycles. The van der Waals surface area contributed by atoms with Crippen molar-refractivity contribution in [2.75, 3.05) is 54.1 Å². The lowest BCUT2D eigenvalue weighted by Crippen LogP contribution is -2.37. The van der Waals surface area contributed by atoms with Gasteiger partial charge in [-0.1, -0.05) is 206 Å². The zero-order chi connectivity index (χ0) is 42.0. The van der Waals surface area contributed by atoms with Gasteiger partial charge >= 0.3 is 5.97 Å². The van der Waals surface area contributed by atoms with Gasteiger partial charge in [-0.05, 0) is 32.1 Å². The summed E-state index contributed by atoms with van der Waals surface area (Å²) in [5.74, 6) is -0.340. The van der Waals surface area contributed by atoms with Gasteiger partial charge in [0.25, 0.3) is 7.82 Å². The number of rotatable bonds is 46. The van der Waals surface area contributed by atoms with Crippen LogP contribution in [0.4, 0.5) is 0 Å². The van der Waals surface area contributed by atoms with Crippen LogP contribution in [-0.2, 0) is 27.9 Å². The molecule has 0 aliphatic carbocycles. The first kappa shape index (κ1) is 56.2. The highest BCUT2D eigenvalue weighted by Gasteiger charge is 2.20. The number of quaternary nitrogens is 1. The van der Waals surface area contributed by atoms with Gasteiger partial charge in [0.05, 0.1) is 34.4 Å². The van der Waals surface area contributed by atoms with Crippen LogP contribution in [0.3, 0.4) is 0 Å². The summed E-state index contributed by atoms with van der Waals surface area (Å²) in [6, 6.07) is 0. The zero-order valence-electron chi connectivity index (χ0n) is 38.6.